The van der Waals surface area contributed by atoms with Gasteiger partial charge in [0.2, 0.25) is 0 Å². The van der Waals surface area contributed by atoms with E-state index < -0.39 is 0 Å². The van der Waals surface area contributed by atoms with Crippen molar-refractivity contribution in [3.05, 3.63) is 42.0 Å². The van der Waals surface area contributed by atoms with E-state index in [4.69, 9.17) is 30.0 Å². The van der Waals surface area contributed by atoms with Crippen molar-refractivity contribution in [2.75, 3.05) is 6.61 Å². The van der Waals surface area contributed by atoms with Crippen molar-refractivity contribution in [3.63, 3.8) is 0 Å². The predicted octanol–water partition coefficient (Wildman–Crippen LogP) is 5.83. The highest BCUT2D eigenvalue weighted by atomic mass is 32.2. The Morgan fingerprint density at radius 3 is 2.38 bits per heavy atom. The standard InChI is InChI=1S/C18H24OS2/c1-3-5-11-19-17-9-7-14-12-16(8-6-15(14)13-17)18(20,21)10-4-2/h6-9,12-13,20-21H,3-5,10-11H2,1-2H3. The van der Waals surface area contributed by atoms with Crippen LogP contribution >= 0.6 is 25.3 Å². The van der Waals surface area contributed by atoms with E-state index in [2.05, 4.69) is 44.2 Å². The van der Waals surface area contributed by atoms with Crippen LogP contribution in [0.1, 0.15) is 45.1 Å². The van der Waals surface area contributed by atoms with Crippen LogP contribution < -0.4 is 4.74 Å². The molecule has 21 heavy (non-hydrogen) atoms. The fourth-order valence-corrected chi connectivity index (χ4v) is 3.12. The van der Waals surface area contributed by atoms with Gasteiger partial charge in [-0.1, -0.05) is 44.9 Å². The molecule has 0 unspecified atom stereocenters. The average Bonchev–Trinajstić information content (AvgIpc) is 2.47. The third-order valence-electron chi connectivity index (χ3n) is 3.64. The van der Waals surface area contributed by atoms with Crippen LogP contribution in [-0.4, -0.2) is 6.61 Å². The lowest BCUT2D eigenvalue weighted by Crippen LogP contribution is -2.09. The Bertz CT molecular complexity index is 593. The van der Waals surface area contributed by atoms with Crippen molar-refractivity contribution in [2.45, 2.75) is 43.6 Å². The summed E-state index contributed by atoms with van der Waals surface area (Å²) >= 11 is 9.40. The molecule has 3 heteroatoms. The summed E-state index contributed by atoms with van der Waals surface area (Å²) < 4.78 is 5.40. The molecule has 0 saturated heterocycles. The summed E-state index contributed by atoms with van der Waals surface area (Å²) in [5.41, 5.74) is 1.16. The molecular formula is C18H24OS2. The van der Waals surface area contributed by atoms with Gasteiger partial charge < -0.3 is 4.74 Å². The van der Waals surface area contributed by atoms with Gasteiger partial charge in [0.1, 0.15) is 5.75 Å². The van der Waals surface area contributed by atoms with Crippen LogP contribution in [0.5, 0.6) is 5.75 Å². The molecule has 0 aliphatic rings. The van der Waals surface area contributed by atoms with Crippen LogP contribution in [0.3, 0.4) is 0 Å². The number of rotatable bonds is 7. The summed E-state index contributed by atoms with van der Waals surface area (Å²) in [5.74, 6) is 0.945. The fraction of sp³-hybridized carbons (Fsp3) is 0.444. The summed E-state index contributed by atoms with van der Waals surface area (Å²) in [4.78, 5) is 0. The second kappa shape index (κ2) is 7.46. The Kier molecular flexibility index (Phi) is 5.88. The Labute approximate surface area is 138 Å². The molecule has 2 aromatic carbocycles. The number of benzene rings is 2. The van der Waals surface area contributed by atoms with E-state index in [1.807, 2.05) is 6.07 Å². The molecule has 2 aromatic rings. The first-order valence-corrected chi connectivity index (χ1v) is 8.58. The molecule has 1 nitrogen and oxygen atoms in total. The van der Waals surface area contributed by atoms with Crippen molar-refractivity contribution >= 4 is 36.0 Å². The van der Waals surface area contributed by atoms with E-state index in [1.165, 1.54) is 10.8 Å². The van der Waals surface area contributed by atoms with Crippen LogP contribution in [0, 0.1) is 0 Å². The van der Waals surface area contributed by atoms with Crippen molar-refractivity contribution in [1.29, 1.82) is 0 Å². The minimum Gasteiger partial charge on any atom is -0.494 e. The molecule has 0 aliphatic carbocycles. The van der Waals surface area contributed by atoms with Crippen molar-refractivity contribution < 1.29 is 4.74 Å². The van der Waals surface area contributed by atoms with Gasteiger partial charge in [-0.05, 0) is 47.4 Å². The van der Waals surface area contributed by atoms with Gasteiger partial charge in [0, 0.05) is 0 Å². The van der Waals surface area contributed by atoms with Crippen LogP contribution in [0.15, 0.2) is 36.4 Å². The van der Waals surface area contributed by atoms with E-state index >= 15 is 0 Å². The van der Waals surface area contributed by atoms with Gasteiger partial charge in [-0.15, -0.1) is 0 Å². The molecule has 114 valence electrons. The van der Waals surface area contributed by atoms with Crippen molar-refractivity contribution in [1.82, 2.24) is 0 Å². The maximum atomic E-state index is 5.76. The Hall–Kier alpha value is -0.800. The van der Waals surface area contributed by atoms with Crippen LogP contribution in [-0.2, 0) is 4.08 Å². The number of ether oxygens (including phenoxy) is 1. The van der Waals surface area contributed by atoms with Gasteiger partial charge in [0.25, 0.3) is 0 Å². The molecule has 0 radical (unpaired) electrons. The molecule has 0 saturated carbocycles. The first kappa shape index (κ1) is 16.6. The Morgan fingerprint density at radius 2 is 1.67 bits per heavy atom. The van der Waals surface area contributed by atoms with E-state index in [9.17, 15) is 0 Å². The van der Waals surface area contributed by atoms with E-state index in [1.54, 1.807) is 0 Å². The van der Waals surface area contributed by atoms with Gasteiger partial charge in [-0.3, -0.25) is 0 Å². The Morgan fingerprint density at radius 1 is 0.952 bits per heavy atom. The monoisotopic (exact) mass is 320 g/mol. The lowest BCUT2D eigenvalue weighted by atomic mass is 10.0. The third kappa shape index (κ3) is 4.33. The first-order chi connectivity index (χ1) is 10.1. The first-order valence-electron chi connectivity index (χ1n) is 7.68. The number of thiol groups is 2. The zero-order valence-electron chi connectivity index (χ0n) is 12.8. The SMILES string of the molecule is CCCCOc1ccc2cc(C(S)(S)CCC)ccc2c1. The minimum absolute atomic E-state index is 0.362. The zero-order valence-corrected chi connectivity index (χ0v) is 14.6. The van der Waals surface area contributed by atoms with Gasteiger partial charge in [0.05, 0.1) is 10.7 Å². The highest BCUT2D eigenvalue weighted by Crippen LogP contribution is 2.38. The lowest BCUT2D eigenvalue weighted by Gasteiger charge is -2.23. The molecule has 0 aliphatic heterocycles. The normalized spacial score (nSPS) is 11.8. The summed E-state index contributed by atoms with van der Waals surface area (Å²) in [6.07, 6.45) is 4.26. The van der Waals surface area contributed by atoms with Gasteiger partial charge in [-0.25, -0.2) is 0 Å². The van der Waals surface area contributed by atoms with Crippen LogP contribution in [0.2, 0.25) is 0 Å². The molecule has 0 bridgehead atoms. The smallest absolute Gasteiger partial charge is 0.119 e. The maximum absolute atomic E-state index is 5.76. The highest BCUT2D eigenvalue weighted by Gasteiger charge is 2.21. The van der Waals surface area contributed by atoms with Crippen molar-refractivity contribution in [2.24, 2.45) is 0 Å². The number of hydrogen-bond donors (Lipinski definition) is 2. The quantitative estimate of drug-likeness (QED) is 0.371. The highest BCUT2D eigenvalue weighted by molar-refractivity contribution is 7.99. The summed E-state index contributed by atoms with van der Waals surface area (Å²) in [6, 6.07) is 12.7. The molecule has 0 aromatic heterocycles. The number of unbranched alkanes of at least 4 members (excludes halogenated alkanes) is 1. The molecular weight excluding hydrogens is 296 g/mol. The van der Waals surface area contributed by atoms with Gasteiger partial charge in [0.15, 0.2) is 0 Å². The molecule has 0 heterocycles. The molecule has 2 rings (SSSR count). The number of hydrogen-bond acceptors (Lipinski definition) is 3. The topological polar surface area (TPSA) is 9.23 Å². The van der Waals surface area contributed by atoms with E-state index in [-0.39, 0.29) is 4.08 Å². The molecule has 0 amide bonds. The zero-order chi connectivity index (χ0) is 15.3. The molecule has 0 atom stereocenters. The summed E-state index contributed by atoms with van der Waals surface area (Å²) in [7, 11) is 0. The maximum Gasteiger partial charge on any atom is 0.119 e. The summed E-state index contributed by atoms with van der Waals surface area (Å²) in [5, 5.41) is 2.40. The van der Waals surface area contributed by atoms with Gasteiger partial charge >= 0.3 is 0 Å². The summed E-state index contributed by atoms with van der Waals surface area (Å²) in [6.45, 7) is 5.11. The third-order valence-corrected chi connectivity index (χ3v) is 4.60. The number of fused-ring (bicyclic) bond motifs is 1. The molecule has 0 fully saturated rings. The predicted molar refractivity (Wildman–Crippen MR) is 98.9 cm³/mol. The molecule has 0 N–H and O–H groups in total. The van der Waals surface area contributed by atoms with E-state index in [0.29, 0.717) is 0 Å². The second-order valence-corrected chi connectivity index (χ2v) is 7.37. The minimum atomic E-state index is -0.362. The Balaban J connectivity index is 2.23. The largest absolute Gasteiger partial charge is 0.494 e. The lowest BCUT2D eigenvalue weighted by molar-refractivity contribution is 0.310. The van der Waals surface area contributed by atoms with Crippen molar-refractivity contribution in [3.8, 4) is 5.75 Å². The van der Waals surface area contributed by atoms with E-state index in [0.717, 1.165) is 43.6 Å². The second-order valence-electron chi connectivity index (χ2n) is 5.49. The fourth-order valence-electron chi connectivity index (χ4n) is 2.39. The van der Waals surface area contributed by atoms with Crippen LogP contribution in [0.4, 0.5) is 0 Å². The van der Waals surface area contributed by atoms with Crippen LogP contribution in [0.25, 0.3) is 10.8 Å². The van der Waals surface area contributed by atoms with Gasteiger partial charge in [-0.2, -0.15) is 25.3 Å². The molecule has 0 spiro atoms. The average molecular weight is 321 g/mol.